The van der Waals surface area contributed by atoms with Crippen molar-refractivity contribution in [3.05, 3.63) is 72.3 Å². The topological polar surface area (TPSA) is 63.7 Å². The number of benzene rings is 2. The molecule has 0 N–H and O–H groups in total. The fourth-order valence-corrected chi connectivity index (χ4v) is 4.17. The number of allylic oxidation sites excluding steroid dienone is 2. The third kappa shape index (κ3) is 3.48. The average molecular weight is 389 g/mol. The van der Waals surface area contributed by atoms with Crippen molar-refractivity contribution >= 4 is 23.3 Å². The van der Waals surface area contributed by atoms with Crippen LogP contribution in [0.5, 0.6) is 5.75 Å². The highest BCUT2D eigenvalue weighted by Gasteiger charge is 2.50. The molecule has 5 heteroatoms. The van der Waals surface area contributed by atoms with Crippen LogP contribution in [-0.2, 0) is 9.59 Å². The molecule has 2 aromatic rings. The number of Topliss-reactive ketones (excluding diaryl/α,β-unsaturated/α-hetero) is 1. The van der Waals surface area contributed by atoms with Crippen LogP contribution in [0.3, 0.4) is 0 Å². The first-order valence-electron chi connectivity index (χ1n) is 9.88. The summed E-state index contributed by atoms with van der Waals surface area (Å²) in [4.78, 5) is 39.4. The van der Waals surface area contributed by atoms with Gasteiger partial charge in [0.05, 0.1) is 17.5 Å². The Morgan fingerprint density at radius 3 is 2.38 bits per heavy atom. The summed E-state index contributed by atoms with van der Waals surface area (Å²) >= 11 is 0. The van der Waals surface area contributed by atoms with E-state index in [1.54, 1.807) is 43.3 Å². The van der Waals surface area contributed by atoms with Gasteiger partial charge in [-0.2, -0.15) is 0 Å². The number of hydrogen-bond donors (Lipinski definition) is 0. The fraction of sp³-hybridized carbons (Fsp3) is 0.292. The van der Waals surface area contributed by atoms with Crippen molar-refractivity contribution in [2.24, 2.45) is 17.8 Å². The lowest BCUT2D eigenvalue weighted by atomic mass is 9.78. The molecule has 0 unspecified atom stereocenters. The van der Waals surface area contributed by atoms with Crippen LogP contribution in [0.1, 0.15) is 30.6 Å². The zero-order valence-corrected chi connectivity index (χ0v) is 16.4. The molecule has 1 fully saturated rings. The Bertz CT molecular complexity index is 964. The number of ketones is 1. The summed E-state index contributed by atoms with van der Waals surface area (Å²) in [7, 11) is 0. The number of anilines is 1. The second kappa shape index (κ2) is 7.66. The maximum absolute atomic E-state index is 12.9. The second-order valence-corrected chi connectivity index (χ2v) is 7.65. The van der Waals surface area contributed by atoms with E-state index >= 15 is 0 Å². The van der Waals surface area contributed by atoms with Crippen LogP contribution in [0.25, 0.3) is 0 Å². The number of carbonyl (C=O) groups is 3. The van der Waals surface area contributed by atoms with Gasteiger partial charge in [-0.05, 0) is 43.5 Å². The minimum absolute atomic E-state index is 0.0580. The molecule has 2 amide bonds. The number of ether oxygens (including phenoxy) is 1. The molecule has 0 aromatic heterocycles. The van der Waals surface area contributed by atoms with Crippen LogP contribution < -0.4 is 9.64 Å². The molecule has 1 aliphatic heterocycles. The van der Waals surface area contributed by atoms with Crippen LogP contribution >= 0.6 is 0 Å². The number of rotatable bonds is 5. The van der Waals surface area contributed by atoms with E-state index < -0.39 is 6.10 Å². The van der Waals surface area contributed by atoms with E-state index in [1.807, 2.05) is 37.3 Å². The van der Waals surface area contributed by atoms with E-state index in [9.17, 15) is 14.4 Å². The fourth-order valence-electron chi connectivity index (χ4n) is 4.17. The first-order valence-corrected chi connectivity index (χ1v) is 9.88. The quantitative estimate of drug-likeness (QED) is 0.440. The predicted octanol–water partition coefficient (Wildman–Crippen LogP) is 4.04. The zero-order valence-electron chi connectivity index (χ0n) is 16.4. The summed E-state index contributed by atoms with van der Waals surface area (Å²) in [5.74, 6) is -0.380. The lowest BCUT2D eigenvalue weighted by molar-refractivity contribution is -0.122. The molecule has 0 spiro atoms. The number of imide groups is 1. The minimum atomic E-state index is -0.645. The normalized spacial score (nSPS) is 24.3. The van der Waals surface area contributed by atoms with Gasteiger partial charge in [-0.3, -0.25) is 19.3 Å². The molecule has 0 bridgehead atoms. The van der Waals surface area contributed by atoms with Crippen molar-refractivity contribution < 1.29 is 19.1 Å². The van der Waals surface area contributed by atoms with Crippen LogP contribution in [-0.4, -0.2) is 23.7 Å². The summed E-state index contributed by atoms with van der Waals surface area (Å²) in [5, 5.41) is 0. The molecular weight excluding hydrogens is 366 g/mol. The van der Waals surface area contributed by atoms with Crippen LogP contribution in [0.2, 0.25) is 0 Å². The highest BCUT2D eigenvalue weighted by atomic mass is 16.5. The van der Waals surface area contributed by atoms with Gasteiger partial charge < -0.3 is 4.74 Å². The Balaban J connectivity index is 1.48. The number of carbonyl (C=O) groups excluding carboxylic acids is 3. The monoisotopic (exact) mass is 389 g/mol. The number of nitrogens with zero attached hydrogens (tertiary/aromatic N) is 1. The van der Waals surface area contributed by atoms with Gasteiger partial charge in [-0.1, -0.05) is 49.4 Å². The lowest BCUT2D eigenvalue weighted by Gasteiger charge is -2.22. The van der Waals surface area contributed by atoms with Crippen molar-refractivity contribution in [2.75, 3.05) is 4.90 Å². The maximum atomic E-state index is 12.9. The van der Waals surface area contributed by atoms with E-state index in [2.05, 4.69) is 0 Å². The zero-order chi connectivity index (χ0) is 20.5. The molecule has 148 valence electrons. The highest BCUT2D eigenvalue weighted by Crippen LogP contribution is 2.40. The van der Waals surface area contributed by atoms with Gasteiger partial charge in [-0.25, -0.2) is 0 Å². The number of hydrogen-bond acceptors (Lipinski definition) is 4. The van der Waals surface area contributed by atoms with Crippen LogP contribution in [0.4, 0.5) is 5.69 Å². The first kappa shape index (κ1) is 19.1. The summed E-state index contributed by atoms with van der Waals surface area (Å²) < 4.78 is 5.77. The average Bonchev–Trinajstić information content (AvgIpc) is 3.00. The van der Waals surface area contributed by atoms with Crippen molar-refractivity contribution in [3.8, 4) is 5.75 Å². The Morgan fingerprint density at radius 2 is 1.72 bits per heavy atom. The molecule has 2 aliphatic rings. The van der Waals surface area contributed by atoms with Crippen molar-refractivity contribution in [2.45, 2.75) is 26.4 Å². The van der Waals surface area contributed by atoms with E-state index in [1.165, 1.54) is 4.90 Å². The Kier molecular flexibility index (Phi) is 5.05. The molecule has 29 heavy (non-hydrogen) atoms. The van der Waals surface area contributed by atoms with Gasteiger partial charge in [0, 0.05) is 5.56 Å². The van der Waals surface area contributed by atoms with Gasteiger partial charge in [0.25, 0.3) is 0 Å². The summed E-state index contributed by atoms with van der Waals surface area (Å²) in [6, 6.07) is 15.8. The molecule has 1 aliphatic carbocycles. The number of amides is 2. The second-order valence-electron chi connectivity index (χ2n) is 7.65. The van der Waals surface area contributed by atoms with E-state index in [0.29, 0.717) is 23.4 Å². The molecule has 1 heterocycles. The molecule has 5 nitrogen and oxygen atoms in total. The first-order chi connectivity index (χ1) is 14.0. The molecule has 2 aromatic carbocycles. The van der Waals surface area contributed by atoms with E-state index in [4.69, 9.17) is 4.74 Å². The van der Waals surface area contributed by atoms with Crippen molar-refractivity contribution in [1.82, 2.24) is 0 Å². The van der Waals surface area contributed by atoms with Gasteiger partial charge in [0.1, 0.15) is 5.75 Å². The SMILES string of the molecule is C[C@H](Oc1ccc(N2C(=O)[C@@H]3[C@@H](C)C=CC[C@H]3C2=O)cc1)C(=O)c1ccccc1. The maximum Gasteiger partial charge on any atom is 0.238 e. The summed E-state index contributed by atoms with van der Waals surface area (Å²) in [6.07, 6.45) is 3.96. The number of fused-ring (bicyclic) bond motifs is 1. The molecule has 1 saturated heterocycles. The van der Waals surface area contributed by atoms with Gasteiger partial charge >= 0.3 is 0 Å². The van der Waals surface area contributed by atoms with Crippen molar-refractivity contribution in [1.29, 1.82) is 0 Å². The molecular formula is C24H23NO4. The van der Waals surface area contributed by atoms with Crippen LogP contribution in [0.15, 0.2) is 66.7 Å². The summed E-state index contributed by atoms with van der Waals surface area (Å²) in [6.45, 7) is 3.68. The minimum Gasteiger partial charge on any atom is -0.483 e. The van der Waals surface area contributed by atoms with Gasteiger partial charge in [0.15, 0.2) is 6.10 Å². The van der Waals surface area contributed by atoms with Crippen molar-refractivity contribution in [3.63, 3.8) is 0 Å². The lowest BCUT2D eigenvalue weighted by Crippen LogP contribution is -2.31. The predicted molar refractivity (Wildman–Crippen MR) is 110 cm³/mol. The third-order valence-electron chi connectivity index (χ3n) is 5.71. The molecule has 4 rings (SSSR count). The standard InChI is InChI=1S/C24H23NO4/c1-15-7-6-10-20-21(15)24(28)25(23(20)27)18-11-13-19(14-12-18)29-16(2)22(26)17-8-4-3-5-9-17/h3-9,11-16,20-21H,10H2,1-2H3/t15-,16-,20+,21+/m0/s1. The van der Waals surface area contributed by atoms with Gasteiger partial charge in [0.2, 0.25) is 17.6 Å². The third-order valence-corrected chi connectivity index (χ3v) is 5.71. The Morgan fingerprint density at radius 1 is 1.03 bits per heavy atom. The molecule has 0 saturated carbocycles. The largest absolute Gasteiger partial charge is 0.483 e. The highest BCUT2D eigenvalue weighted by molar-refractivity contribution is 6.22. The summed E-state index contributed by atoms with van der Waals surface area (Å²) in [5.41, 5.74) is 1.13. The van der Waals surface area contributed by atoms with Crippen LogP contribution in [0, 0.1) is 17.8 Å². The molecule has 4 atom stereocenters. The Hall–Kier alpha value is -3.21. The smallest absolute Gasteiger partial charge is 0.238 e. The Labute approximate surface area is 170 Å². The molecule has 0 radical (unpaired) electrons. The van der Waals surface area contributed by atoms with E-state index in [0.717, 1.165) is 0 Å². The van der Waals surface area contributed by atoms with Gasteiger partial charge in [-0.15, -0.1) is 0 Å². The van der Waals surface area contributed by atoms with E-state index in [-0.39, 0.29) is 35.4 Å².